The van der Waals surface area contributed by atoms with Crippen molar-refractivity contribution in [3.05, 3.63) is 0 Å². The Balaban J connectivity index is 2.33. The molecule has 1 fully saturated rings. The maximum atomic E-state index is 3.39. The molecule has 3 unspecified atom stereocenters. The first-order valence-corrected chi connectivity index (χ1v) is 8.04. The second-order valence-electron chi connectivity index (χ2n) is 6.53. The highest BCUT2D eigenvalue weighted by Gasteiger charge is 2.25. The lowest BCUT2D eigenvalue weighted by Crippen LogP contribution is -2.31. The molecule has 0 spiro atoms. The highest BCUT2D eigenvalue weighted by atomic mass is 15.5. The third kappa shape index (κ3) is 6.19. The van der Waals surface area contributed by atoms with Gasteiger partial charge in [-0.15, -0.1) is 0 Å². The highest BCUT2D eigenvalue weighted by Crippen LogP contribution is 2.37. The Hall–Kier alpha value is -0.0800. The van der Waals surface area contributed by atoms with Gasteiger partial charge >= 0.3 is 0 Å². The maximum Gasteiger partial charge on any atom is 0.0102 e. The van der Waals surface area contributed by atoms with Crippen molar-refractivity contribution < 1.29 is 0 Å². The highest BCUT2D eigenvalue weighted by molar-refractivity contribution is 4.76. The van der Waals surface area contributed by atoms with Crippen LogP contribution in [-0.2, 0) is 0 Å². The van der Waals surface area contributed by atoms with Crippen LogP contribution in [-0.4, -0.2) is 25.6 Å². The van der Waals surface area contributed by atoms with Crippen molar-refractivity contribution in [1.29, 1.82) is 0 Å². The molecule has 2 nitrogen and oxygen atoms in total. The van der Waals surface area contributed by atoms with E-state index in [0.29, 0.717) is 0 Å². The molecule has 1 saturated carbocycles. The molecule has 1 N–H and O–H groups in total. The fourth-order valence-corrected chi connectivity index (χ4v) is 3.56. The Labute approximate surface area is 114 Å². The summed E-state index contributed by atoms with van der Waals surface area (Å²) < 4.78 is 0. The zero-order valence-corrected chi connectivity index (χ0v) is 13.0. The minimum atomic E-state index is 0.964. The average Bonchev–Trinajstić information content (AvgIpc) is 2.47. The van der Waals surface area contributed by atoms with E-state index in [0.717, 1.165) is 24.3 Å². The van der Waals surface area contributed by atoms with Crippen LogP contribution in [0.1, 0.15) is 65.2 Å². The lowest BCUT2D eigenvalue weighted by Gasteiger charge is -2.26. The number of nitrogens with one attached hydrogen (secondary N) is 1. The average molecular weight is 254 g/mol. The predicted octanol–water partition coefficient (Wildman–Crippen LogP) is 4.08. The van der Waals surface area contributed by atoms with Gasteiger partial charge in [0.2, 0.25) is 0 Å². The summed E-state index contributed by atoms with van der Waals surface area (Å²) in [5, 5.41) is 2.07. The Kier molecular flexibility index (Phi) is 7.92. The number of nitrogens with zero attached hydrogens (tertiary/aromatic N) is 1. The van der Waals surface area contributed by atoms with Crippen molar-refractivity contribution in [3.8, 4) is 0 Å². The van der Waals surface area contributed by atoms with Crippen molar-refractivity contribution in [3.63, 3.8) is 0 Å². The third-order valence-corrected chi connectivity index (χ3v) is 4.48. The normalized spacial score (nSPS) is 29.5. The summed E-state index contributed by atoms with van der Waals surface area (Å²) in [6.07, 6.45) is 11.5. The summed E-state index contributed by atoms with van der Waals surface area (Å²) in [7, 11) is 4.15. The van der Waals surface area contributed by atoms with Gasteiger partial charge < -0.3 is 0 Å². The van der Waals surface area contributed by atoms with Crippen LogP contribution in [0.2, 0.25) is 0 Å². The van der Waals surface area contributed by atoms with Gasteiger partial charge in [-0.25, -0.2) is 0 Å². The van der Waals surface area contributed by atoms with Crippen LogP contribution >= 0.6 is 0 Å². The molecule has 0 saturated heterocycles. The zero-order valence-electron chi connectivity index (χ0n) is 13.0. The third-order valence-electron chi connectivity index (χ3n) is 4.48. The molecule has 0 aliphatic heterocycles. The van der Waals surface area contributed by atoms with E-state index >= 15 is 0 Å². The molecule has 0 aromatic heterocycles. The molecule has 108 valence electrons. The summed E-state index contributed by atoms with van der Waals surface area (Å²) in [6, 6.07) is 0. The molecule has 1 rings (SSSR count). The smallest absolute Gasteiger partial charge is 0.0102 e. The molecule has 0 heterocycles. The van der Waals surface area contributed by atoms with Crippen molar-refractivity contribution in [2.75, 3.05) is 20.6 Å². The summed E-state index contributed by atoms with van der Waals surface area (Å²) in [4.78, 5) is 0. The molecule has 0 amide bonds. The van der Waals surface area contributed by atoms with E-state index in [1.165, 1.54) is 51.4 Å². The Bertz CT molecular complexity index is 203. The SMILES string of the molecule is CCCC1CC(C)CCCC1CCCNN(C)C. The number of hydrogen-bond acceptors (Lipinski definition) is 2. The standard InChI is InChI=1S/C16H34N2/c1-5-8-16-13-14(2)9-6-10-15(16)11-7-12-17-18(3)4/h14-17H,5-13H2,1-4H3. The predicted molar refractivity (Wildman–Crippen MR) is 80.4 cm³/mol. The van der Waals surface area contributed by atoms with Crippen LogP contribution in [0.3, 0.4) is 0 Å². The maximum absolute atomic E-state index is 3.39. The van der Waals surface area contributed by atoms with Gasteiger partial charge in [0.15, 0.2) is 0 Å². The molecule has 0 radical (unpaired) electrons. The lowest BCUT2D eigenvalue weighted by molar-refractivity contribution is 0.239. The van der Waals surface area contributed by atoms with Crippen molar-refractivity contribution >= 4 is 0 Å². The molecule has 0 aromatic carbocycles. The first-order chi connectivity index (χ1) is 8.63. The zero-order chi connectivity index (χ0) is 13.4. The molecule has 18 heavy (non-hydrogen) atoms. The van der Waals surface area contributed by atoms with Crippen molar-refractivity contribution in [1.82, 2.24) is 10.4 Å². The van der Waals surface area contributed by atoms with Crippen molar-refractivity contribution in [2.45, 2.75) is 65.2 Å². The van der Waals surface area contributed by atoms with Crippen LogP contribution in [0.25, 0.3) is 0 Å². The van der Waals surface area contributed by atoms with Gasteiger partial charge in [-0.1, -0.05) is 46.0 Å². The Morgan fingerprint density at radius 3 is 2.56 bits per heavy atom. The van der Waals surface area contributed by atoms with E-state index in [-0.39, 0.29) is 0 Å². The molecule has 2 heteroatoms. The molecule has 0 bridgehead atoms. The fourth-order valence-electron chi connectivity index (χ4n) is 3.56. The van der Waals surface area contributed by atoms with Crippen LogP contribution in [0, 0.1) is 17.8 Å². The largest absolute Gasteiger partial charge is 0.256 e. The van der Waals surface area contributed by atoms with Gasteiger partial charge in [-0.05, 0) is 37.0 Å². The van der Waals surface area contributed by atoms with Gasteiger partial charge in [-0.2, -0.15) is 0 Å². The van der Waals surface area contributed by atoms with Crippen LogP contribution in [0.4, 0.5) is 0 Å². The summed E-state index contributed by atoms with van der Waals surface area (Å²) >= 11 is 0. The van der Waals surface area contributed by atoms with Gasteiger partial charge in [0.05, 0.1) is 0 Å². The number of hydrazine groups is 1. The van der Waals surface area contributed by atoms with Gasteiger partial charge in [0.1, 0.15) is 0 Å². The minimum Gasteiger partial charge on any atom is -0.256 e. The van der Waals surface area contributed by atoms with Crippen LogP contribution < -0.4 is 5.43 Å². The van der Waals surface area contributed by atoms with E-state index in [4.69, 9.17) is 0 Å². The van der Waals surface area contributed by atoms with Crippen LogP contribution in [0.15, 0.2) is 0 Å². The molecule has 1 aliphatic carbocycles. The Morgan fingerprint density at radius 1 is 1.11 bits per heavy atom. The lowest BCUT2D eigenvalue weighted by atomic mass is 9.80. The number of hydrogen-bond donors (Lipinski definition) is 1. The first kappa shape index (κ1) is 16.0. The van der Waals surface area contributed by atoms with Gasteiger partial charge in [0.25, 0.3) is 0 Å². The monoisotopic (exact) mass is 254 g/mol. The van der Waals surface area contributed by atoms with E-state index in [1.807, 2.05) is 0 Å². The summed E-state index contributed by atoms with van der Waals surface area (Å²) in [5.74, 6) is 2.97. The van der Waals surface area contributed by atoms with Gasteiger partial charge in [0, 0.05) is 20.6 Å². The van der Waals surface area contributed by atoms with E-state index in [9.17, 15) is 0 Å². The molecule has 1 aliphatic rings. The quantitative estimate of drug-likeness (QED) is 0.418. The molecule has 0 aromatic rings. The van der Waals surface area contributed by atoms with E-state index in [2.05, 4.69) is 38.4 Å². The topological polar surface area (TPSA) is 15.3 Å². The fraction of sp³-hybridized carbons (Fsp3) is 1.00. The van der Waals surface area contributed by atoms with Crippen LogP contribution in [0.5, 0.6) is 0 Å². The van der Waals surface area contributed by atoms with Crippen molar-refractivity contribution in [2.24, 2.45) is 17.8 Å². The number of rotatable bonds is 7. The van der Waals surface area contributed by atoms with Gasteiger partial charge in [-0.3, -0.25) is 10.4 Å². The molecular formula is C16H34N2. The van der Waals surface area contributed by atoms with E-state index in [1.54, 1.807) is 0 Å². The minimum absolute atomic E-state index is 0.964. The second kappa shape index (κ2) is 8.92. The first-order valence-electron chi connectivity index (χ1n) is 8.04. The molecular weight excluding hydrogens is 220 g/mol. The molecule has 3 atom stereocenters. The second-order valence-corrected chi connectivity index (χ2v) is 6.53. The summed E-state index contributed by atoms with van der Waals surface area (Å²) in [6.45, 7) is 5.94. The summed E-state index contributed by atoms with van der Waals surface area (Å²) in [5.41, 5.74) is 3.39. The van der Waals surface area contributed by atoms with E-state index < -0.39 is 0 Å². The Morgan fingerprint density at radius 2 is 1.89 bits per heavy atom.